The Morgan fingerprint density at radius 3 is 2.63 bits per heavy atom. The number of carbonyl (C=O) groups excluding carboxylic acids is 1. The largest absolute Gasteiger partial charge is 0.480 e. The number of benzene rings is 1. The van der Waals surface area contributed by atoms with Gasteiger partial charge in [-0.3, -0.25) is 4.79 Å². The Bertz CT molecular complexity index is 511. The molecule has 0 aromatic heterocycles. The van der Waals surface area contributed by atoms with E-state index in [9.17, 15) is 9.59 Å². The highest BCUT2D eigenvalue weighted by atomic mass is 79.9. The van der Waals surface area contributed by atoms with Gasteiger partial charge in [-0.2, -0.15) is 0 Å². The standard InChI is InChI=1S/C14H16BrNO3/c1-2-11(12(17)18)16-13(19)14(6-7-14)9-4-3-5-10(15)8-9/h3-5,8,11H,2,6-7H2,1H3,(H,16,19)(H,17,18). The van der Waals surface area contributed by atoms with E-state index in [1.54, 1.807) is 6.92 Å². The summed E-state index contributed by atoms with van der Waals surface area (Å²) in [5, 5.41) is 11.6. The van der Waals surface area contributed by atoms with Crippen LogP contribution in [-0.4, -0.2) is 23.0 Å². The number of aliphatic carboxylic acids is 1. The number of hydrogen-bond acceptors (Lipinski definition) is 2. The monoisotopic (exact) mass is 325 g/mol. The highest BCUT2D eigenvalue weighted by Crippen LogP contribution is 2.48. The third kappa shape index (κ3) is 2.81. The first kappa shape index (κ1) is 14.1. The van der Waals surface area contributed by atoms with Crippen molar-refractivity contribution >= 4 is 27.8 Å². The Labute approximate surface area is 120 Å². The van der Waals surface area contributed by atoms with Crippen molar-refractivity contribution < 1.29 is 14.7 Å². The predicted molar refractivity (Wildman–Crippen MR) is 74.9 cm³/mol. The van der Waals surface area contributed by atoms with Crippen molar-refractivity contribution in [2.24, 2.45) is 0 Å². The first-order valence-corrected chi connectivity index (χ1v) is 7.09. The average Bonchev–Trinajstić information content (AvgIpc) is 3.16. The molecule has 0 heterocycles. The van der Waals surface area contributed by atoms with Crippen molar-refractivity contribution in [2.45, 2.75) is 37.6 Å². The van der Waals surface area contributed by atoms with Crippen LogP contribution in [-0.2, 0) is 15.0 Å². The molecule has 0 radical (unpaired) electrons. The molecular formula is C14H16BrNO3. The molecule has 5 heteroatoms. The lowest BCUT2D eigenvalue weighted by molar-refractivity contribution is -0.142. The third-order valence-corrected chi connectivity index (χ3v) is 4.07. The lowest BCUT2D eigenvalue weighted by Gasteiger charge is -2.19. The molecule has 0 saturated heterocycles. The summed E-state index contributed by atoms with van der Waals surface area (Å²) in [6.45, 7) is 1.75. The first-order chi connectivity index (χ1) is 8.99. The van der Waals surface area contributed by atoms with Gasteiger partial charge < -0.3 is 10.4 Å². The van der Waals surface area contributed by atoms with Crippen LogP contribution < -0.4 is 5.32 Å². The van der Waals surface area contributed by atoms with Crippen molar-refractivity contribution in [3.05, 3.63) is 34.3 Å². The molecule has 1 amide bonds. The highest BCUT2D eigenvalue weighted by Gasteiger charge is 2.51. The highest BCUT2D eigenvalue weighted by molar-refractivity contribution is 9.10. The fourth-order valence-electron chi connectivity index (χ4n) is 2.19. The molecule has 0 bridgehead atoms. The lowest BCUT2D eigenvalue weighted by Crippen LogP contribution is -2.45. The second-order valence-corrected chi connectivity index (χ2v) is 5.78. The van der Waals surface area contributed by atoms with Crippen LogP contribution in [0.1, 0.15) is 31.7 Å². The van der Waals surface area contributed by atoms with Crippen LogP contribution >= 0.6 is 15.9 Å². The molecule has 1 aliphatic carbocycles. The van der Waals surface area contributed by atoms with E-state index in [2.05, 4.69) is 21.2 Å². The maximum Gasteiger partial charge on any atom is 0.326 e. The van der Waals surface area contributed by atoms with Gasteiger partial charge >= 0.3 is 5.97 Å². The van der Waals surface area contributed by atoms with Crippen molar-refractivity contribution in [1.82, 2.24) is 5.32 Å². The van der Waals surface area contributed by atoms with Crippen molar-refractivity contribution in [3.8, 4) is 0 Å². The Kier molecular flexibility index (Phi) is 3.94. The fourth-order valence-corrected chi connectivity index (χ4v) is 2.59. The van der Waals surface area contributed by atoms with E-state index in [0.717, 1.165) is 22.9 Å². The maximum atomic E-state index is 12.3. The minimum Gasteiger partial charge on any atom is -0.480 e. The summed E-state index contributed by atoms with van der Waals surface area (Å²) in [4.78, 5) is 23.3. The zero-order valence-electron chi connectivity index (χ0n) is 10.6. The summed E-state index contributed by atoms with van der Waals surface area (Å²) >= 11 is 3.39. The molecule has 2 rings (SSSR count). The van der Waals surface area contributed by atoms with Gasteiger partial charge in [0.25, 0.3) is 0 Å². The predicted octanol–water partition coefficient (Wildman–Crippen LogP) is 2.46. The number of carboxylic acid groups (broad SMARTS) is 1. The van der Waals surface area contributed by atoms with Gasteiger partial charge in [0.2, 0.25) is 5.91 Å². The molecule has 4 nitrogen and oxygen atoms in total. The molecule has 1 aromatic rings. The first-order valence-electron chi connectivity index (χ1n) is 6.29. The number of nitrogens with one attached hydrogen (secondary N) is 1. The second kappa shape index (κ2) is 5.33. The van der Waals surface area contributed by atoms with Crippen LogP contribution in [0.15, 0.2) is 28.7 Å². The van der Waals surface area contributed by atoms with E-state index in [0.29, 0.717) is 6.42 Å². The quantitative estimate of drug-likeness (QED) is 0.873. The van der Waals surface area contributed by atoms with Crippen LogP contribution in [0, 0.1) is 0 Å². The van der Waals surface area contributed by atoms with Crippen molar-refractivity contribution in [3.63, 3.8) is 0 Å². The molecule has 0 spiro atoms. The Morgan fingerprint density at radius 1 is 1.47 bits per heavy atom. The SMILES string of the molecule is CCC(NC(=O)C1(c2cccc(Br)c2)CC1)C(=O)O. The maximum absolute atomic E-state index is 12.3. The summed E-state index contributed by atoms with van der Waals surface area (Å²) < 4.78 is 0.925. The van der Waals surface area contributed by atoms with Crippen molar-refractivity contribution in [2.75, 3.05) is 0 Å². The molecule has 1 saturated carbocycles. The number of amides is 1. The molecule has 1 aromatic carbocycles. The summed E-state index contributed by atoms with van der Waals surface area (Å²) in [5.41, 5.74) is 0.409. The van der Waals surface area contributed by atoms with Crippen LogP contribution in [0.25, 0.3) is 0 Å². The third-order valence-electron chi connectivity index (χ3n) is 3.57. The molecule has 1 fully saturated rings. The zero-order chi connectivity index (χ0) is 14.0. The fraction of sp³-hybridized carbons (Fsp3) is 0.429. The van der Waals surface area contributed by atoms with Crippen molar-refractivity contribution in [1.29, 1.82) is 0 Å². The number of halogens is 1. The molecule has 2 N–H and O–H groups in total. The second-order valence-electron chi connectivity index (χ2n) is 4.86. The number of rotatable bonds is 5. The van der Waals surface area contributed by atoms with E-state index in [-0.39, 0.29) is 5.91 Å². The molecule has 1 unspecified atom stereocenters. The van der Waals surface area contributed by atoms with Gasteiger partial charge in [-0.25, -0.2) is 4.79 Å². The zero-order valence-corrected chi connectivity index (χ0v) is 12.2. The summed E-state index contributed by atoms with van der Waals surface area (Å²) in [6.07, 6.45) is 1.92. The van der Waals surface area contributed by atoms with Gasteiger partial charge in [0, 0.05) is 4.47 Å². The normalized spacial score (nSPS) is 17.6. The Balaban J connectivity index is 2.17. The van der Waals surface area contributed by atoms with E-state index in [1.165, 1.54) is 0 Å². The van der Waals surface area contributed by atoms with Crippen LogP contribution in [0.4, 0.5) is 0 Å². The van der Waals surface area contributed by atoms with Gasteiger partial charge in [0.1, 0.15) is 6.04 Å². The van der Waals surface area contributed by atoms with Gasteiger partial charge in [0.05, 0.1) is 5.41 Å². The molecular weight excluding hydrogens is 310 g/mol. The van der Waals surface area contributed by atoms with Crippen LogP contribution in [0.2, 0.25) is 0 Å². The minimum absolute atomic E-state index is 0.181. The Morgan fingerprint density at radius 2 is 2.16 bits per heavy atom. The smallest absolute Gasteiger partial charge is 0.326 e. The lowest BCUT2D eigenvalue weighted by atomic mass is 9.94. The minimum atomic E-state index is -0.985. The number of carbonyl (C=O) groups is 2. The van der Waals surface area contributed by atoms with Gasteiger partial charge in [0.15, 0.2) is 0 Å². The molecule has 0 aliphatic heterocycles. The van der Waals surface area contributed by atoms with E-state index < -0.39 is 17.4 Å². The number of hydrogen-bond donors (Lipinski definition) is 2. The molecule has 102 valence electrons. The molecule has 1 aliphatic rings. The average molecular weight is 326 g/mol. The topological polar surface area (TPSA) is 66.4 Å². The molecule has 1 atom stereocenters. The summed E-state index contributed by atoms with van der Waals surface area (Å²) in [7, 11) is 0. The number of carboxylic acids is 1. The van der Waals surface area contributed by atoms with Gasteiger partial charge in [-0.15, -0.1) is 0 Å². The Hall–Kier alpha value is -1.36. The van der Waals surface area contributed by atoms with Crippen LogP contribution in [0.3, 0.4) is 0 Å². The van der Waals surface area contributed by atoms with Gasteiger partial charge in [-0.05, 0) is 37.0 Å². The van der Waals surface area contributed by atoms with Gasteiger partial charge in [-0.1, -0.05) is 35.0 Å². The van der Waals surface area contributed by atoms with Crippen LogP contribution in [0.5, 0.6) is 0 Å². The van der Waals surface area contributed by atoms with E-state index >= 15 is 0 Å². The summed E-state index contributed by atoms with van der Waals surface area (Å²) in [6, 6.07) is 6.83. The summed E-state index contributed by atoms with van der Waals surface area (Å²) in [5.74, 6) is -1.17. The van der Waals surface area contributed by atoms with E-state index in [4.69, 9.17) is 5.11 Å². The van der Waals surface area contributed by atoms with E-state index in [1.807, 2.05) is 24.3 Å². The molecule has 19 heavy (non-hydrogen) atoms.